The minimum atomic E-state index is -0.558. The molecule has 0 bridgehead atoms. The molecule has 0 radical (unpaired) electrons. The average Bonchev–Trinajstić information content (AvgIpc) is 2.37. The van der Waals surface area contributed by atoms with Crippen LogP contribution in [0.25, 0.3) is 0 Å². The van der Waals surface area contributed by atoms with Gasteiger partial charge in [-0.25, -0.2) is 4.39 Å². The number of carbonyl (C=O) groups excluding carboxylic acids is 1. The van der Waals surface area contributed by atoms with E-state index in [4.69, 9.17) is 5.73 Å². The van der Waals surface area contributed by atoms with Crippen molar-refractivity contribution >= 4 is 33.2 Å². The molecule has 19 heavy (non-hydrogen) atoms. The largest absolute Gasteiger partial charge is 0.397 e. The van der Waals surface area contributed by atoms with Gasteiger partial charge in [-0.05, 0) is 47.1 Å². The van der Waals surface area contributed by atoms with Crippen molar-refractivity contribution in [3.63, 3.8) is 0 Å². The highest BCUT2D eigenvalue weighted by atomic mass is 79.9. The molecule has 0 aliphatic rings. The fraction of sp³-hybridized carbons (Fsp3) is 0.0714. The van der Waals surface area contributed by atoms with Crippen molar-refractivity contribution in [3.05, 3.63) is 57.8 Å². The standard InChI is InChI=1S/C14H12BrFN2O/c1-8-5-6-10(15)9(7-8)14(19)18-13-11(16)3-2-4-12(13)17/h2-7H,17H2,1H3,(H,18,19). The van der Waals surface area contributed by atoms with Crippen LogP contribution in [0.3, 0.4) is 0 Å². The van der Waals surface area contributed by atoms with Crippen LogP contribution in [0.1, 0.15) is 15.9 Å². The normalized spacial score (nSPS) is 10.3. The molecule has 3 nitrogen and oxygen atoms in total. The lowest BCUT2D eigenvalue weighted by molar-refractivity contribution is 0.102. The van der Waals surface area contributed by atoms with Gasteiger partial charge in [-0.3, -0.25) is 4.79 Å². The van der Waals surface area contributed by atoms with Gasteiger partial charge in [0.15, 0.2) is 0 Å². The van der Waals surface area contributed by atoms with Crippen molar-refractivity contribution in [1.82, 2.24) is 0 Å². The minimum absolute atomic E-state index is 0.000839. The molecule has 0 aliphatic carbocycles. The second-order valence-electron chi connectivity index (χ2n) is 4.14. The predicted molar refractivity (Wildman–Crippen MR) is 77.6 cm³/mol. The third-order valence-corrected chi connectivity index (χ3v) is 3.34. The maximum atomic E-state index is 13.6. The number of rotatable bonds is 2. The highest BCUT2D eigenvalue weighted by molar-refractivity contribution is 9.10. The Morgan fingerprint density at radius 1 is 1.32 bits per heavy atom. The van der Waals surface area contributed by atoms with E-state index in [1.54, 1.807) is 12.1 Å². The van der Waals surface area contributed by atoms with Gasteiger partial charge in [0, 0.05) is 4.47 Å². The van der Waals surface area contributed by atoms with E-state index in [0.717, 1.165) is 5.56 Å². The van der Waals surface area contributed by atoms with Crippen LogP contribution in [0.2, 0.25) is 0 Å². The number of benzene rings is 2. The average molecular weight is 323 g/mol. The van der Waals surface area contributed by atoms with Gasteiger partial charge in [0.05, 0.1) is 11.3 Å². The summed E-state index contributed by atoms with van der Waals surface area (Å²) in [7, 11) is 0. The van der Waals surface area contributed by atoms with Crippen LogP contribution in [0.5, 0.6) is 0 Å². The van der Waals surface area contributed by atoms with Crippen LogP contribution in [0.15, 0.2) is 40.9 Å². The van der Waals surface area contributed by atoms with E-state index in [2.05, 4.69) is 21.2 Å². The van der Waals surface area contributed by atoms with Crippen LogP contribution < -0.4 is 11.1 Å². The number of carbonyl (C=O) groups is 1. The Labute approximate surface area is 118 Å². The molecule has 0 spiro atoms. The maximum Gasteiger partial charge on any atom is 0.256 e. The van der Waals surface area contributed by atoms with Gasteiger partial charge in [0.25, 0.3) is 5.91 Å². The van der Waals surface area contributed by atoms with Crippen LogP contribution in [0.4, 0.5) is 15.8 Å². The Hall–Kier alpha value is -1.88. The first-order valence-electron chi connectivity index (χ1n) is 5.60. The molecule has 0 unspecified atom stereocenters. The Morgan fingerprint density at radius 2 is 2.05 bits per heavy atom. The monoisotopic (exact) mass is 322 g/mol. The van der Waals surface area contributed by atoms with Crippen LogP contribution in [-0.4, -0.2) is 5.91 Å². The molecular weight excluding hydrogens is 311 g/mol. The molecule has 2 rings (SSSR count). The summed E-state index contributed by atoms with van der Waals surface area (Å²) in [6, 6.07) is 9.63. The molecule has 0 atom stereocenters. The van der Waals surface area contributed by atoms with Crippen molar-refractivity contribution in [3.8, 4) is 0 Å². The second-order valence-corrected chi connectivity index (χ2v) is 5.00. The third kappa shape index (κ3) is 2.93. The first-order valence-corrected chi connectivity index (χ1v) is 6.40. The Bertz CT molecular complexity index is 623. The van der Waals surface area contributed by atoms with Gasteiger partial charge in [0.1, 0.15) is 11.5 Å². The van der Waals surface area contributed by atoms with Gasteiger partial charge < -0.3 is 11.1 Å². The van der Waals surface area contributed by atoms with Gasteiger partial charge in [-0.1, -0.05) is 17.7 Å². The molecule has 0 aliphatic heterocycles. The van der Waals surface area contributed by atoms with Crippen LogP contribution in [-0.2, 0) is 0 Å². The zero-order valence-electron chi connectivity index (χ0n) is 10.2. The first-order chi connectivity index (χ1) is 8.99. The molecule has 2 aromatic rings. The number of nitrogen functional groups attached to an aromatic ring is 1. The zero-order chi connectivity index (χ0) is 14.0. The summed E-state index contributed by atoms with van der Waals surface area (Å²) in [5.41, 5.74) is 7.21. The van der Waals surface area contributed by atoms with E-state index < -0.39 is 11.7 Å². The summed E-state index contributed by atoms with van der Waals surface area (Å²) < 4.78 is 14.2. The van der Waals surface area contributed by atoms with Crippen molar-refractivity contribution in [1.29, 1.82) is 0 Å². The minimum Gasteiger partial charge on any atom is -0.397 e. The lowest BCUT2D eigenvalue weighted by atomic mass is 10.1. The van der Waals surface area contributed by atoms with Crippen LogP contribution in [0, 0.1) is 12.7 Å². The van der Waals surface area contributed by atoms with Crippen molar-refractivity contribution < 1.29 is 9.18 Å². The molecule has 0 aromatic heterocycles. The molecule has 2 aromatic carbocycles. The molecule has 0 fully saturated rings. The van der Waals surface area contributed by atoms with E-state index in [1.165, 1.54) is 18.2 Å². The van der Waals surface area contributed by atoms with Gasteiger partial charge >= 0.3 is 0 Å². The smallest absolute Gasteiger partial charge is 0.256 e. The summed E-state index contributed by atoms with van der Waals surface area (Å²) >= 11 is 3.30. The van der Waals surface area contributed by atoms with Crippen molar-refractivity contribution in [2.24, 2.45) is 0 Å². The molecule has 0 saturated heterocycles. The van der Waals surface area contributed by atoms with Gasteiger partial charge in [-0.15, -0.1) is 0 Å². The molecule has 98 valence electrons. The predicted octanol–water partition coefficient (Wildman–Crippen LogP) is 3.73. The lowest BCUT2D eigenvalue weighted by Crippen LogP contribution is -2.15. The van der Waals surface area contributed by atoms with Gasteiger partial charge in [-0.2, -0.15) is 0 Å². The number of para-hydroxylation sites is 1. The van der Waals surface area contributed by atoms with Gasteiger partial charge in [0.2, 0.25) is 0 Å². The summed E-state index contributed by atoms with van der Waals surface area (Å²) in [6.07, 6.45) is 0. The second kappa shape index (κ2) is 5.40. The van der Waals surface area contributed by atoms with E-state index in [9.17, 15) is 9.18 Å². The number of nitrogens with two attached hydrogens (primary N) is 1. The third-order valence-electron chi connectivity index (χ3n) is 2.65. The number of halogens is 2. The Balaban J connectivity index is 2.34. The Kier molecular flexibility index (Phi) is 3.85. The number of aryl methyl sites for hydroxylation is 1. The fourth-order valence-electron chi connectivity index (χ4n) is 1.67. The summed E-state index contributed by atoms with van der Waals surface area (Å²) in [6.45, 7) is 1.88. The lowest BCUT2D eigenvalue weighted by Gasteiger charge is -2.10. The maximum absolute atomic E-state index is 13.6. The highest BCUT2D eigenvalue weighted by Gasteiger charge is 2.14. The van der Waals surface area contributed by atoms with Crippen molar-refractivity contribution in [2.45, 2.75) is 6.92 Å². The quantitative estimate of drug-likeness (QED) is 0.828. The van der Waals surface area contributed by atoms with E-state index >= 15 is 0 Å². The SMILES string of the molecule is Cc1ccc(Br)c(C(=O)Nc2c(N)cccc2F)c1. The summed E-state index contributed by atoms with van der Waals surface area (Å²) in [5.74, 6) is -0.968. The van der Waals surface area contributed by atoms with Crippen LogP contribution >= 0.6 is 15.9 Å². The fourth-order valence-corrected chi connectivity index (χ4v) is 2.09. The van der Waals surface area contributed by atoms with E-state index in [0.29, 0.717) is 10.0 Å². The molecular formula is C14H12BrFN2O. The molecule has 0 saturated carbocycles. The topological polar surface area (TPSA) is 55.1 Å². The molecule has 1 amide bonds. The molecule has 3 N–H and O–H groups in total. The number of amides is 1. The zero-order valence-corrected chi connectivity index (χ0v) is 11.8. The summed E-state index contributed by atoms with van der Waals surface area (Å²) in [5, 5.41) is 2.49. The van der Waals surface area contributed by atoms with Crippen molar-refractivity contribution in [2.75, 3.05) is 11.1 Å². The number of anilines is 2. The molecule has 0 heterocycles. The van der Waals surface area contributed by atoms with E-state index in [-0.39, 0.29) is 11.4 Å². The summed E-state index contributed by atoms with van der Waals surface area (Å²) in [4.78, 5) is 12.1. The molecule has 5 heteroatoms. The number of hydrogen-bond donors (Lipinski definition) is 2. The number of hydrogen-bond acceptors (Lipinski definition) is 2. The first kappa shape index (κ1) is 13.5. The van der Waals surface area contributed by atoms with E-state index in [1.807, 2.05) is 13.0 Å². The highest BCUT2D eigenvalue weighted by Crippen LogP contribution is 2.24. The Morgan fingerprint density at radius 3 is 2.74 bits per heavy atom. The number of nitrogens with one attached hydrogen (secondary N) is 1.